The quantitative estimate of drug-likeness (QED) is 0.495. The zero-order valence-electron chi connectivity index (χ0n) is 10.00. The van der Waals surface area contributed by atoms with Gasteiger partial charge in [0.1, 0.15) is 17.4 Å². The molecule has 0 spiro atoms. The summed E-state index contributed by atoms with van der Waals surface area (Å²) in [6.45, 7) is 0. The third-order valence-electron chi connectivity index (χ3n) is 2.46. The van der Waals surface area contributed by atoms with E-state index in [1.54, 1.807) is 12.3 Å². The molecule has 0 radical (unpaired) electrons. The Morgan fingerprint density at radius 2 is 2.25 bits per heavy atom. The van der Waals surface area contributed by atoms with Crippen LogP contribution in [-0.4, -0.2) is 16.2 Å². The van der Waals surface area contributed by atoms with E-state index in [0.29, 0.717) is 15.2 Å². The predicted molar refractivity (Wildman–Crippen MR) is 79.5 cm³/mol. The van der Waals surface area contributed by atoms with Gasteiger partial charge in [0.25, 0.3) is 5.56 Å². The molecule has 2 rings (SSSR count). The molecule has 102 valence electrons. The van der Waals surface area contributed by atoms with Gasteiger partial charge in [0.2, 0.25) is 0 Å². The molecular formula is C12H6BrClFN3OS. The number of benzene rings is 1. The first-order chi connectivity index (χ1) is 9.47. The van der Waals surface area contributed by atoms with Crippen molar-refractivity contribution in [2.75, 3.05) is 6.26 Å². The minimum Gasteiger partial charge on any atom is -0.300 e. The average molecular weight is 375 g/mol. The molecule has 1 N–H and O–H groups in total. The van der Waals surface area contributed by atoms with Crippen LogP contribution >= 0.6 is 39.3 Å². The van der Waals surface area contributed by atoms with Crippen molar-refractivity contribution in [3.63, 3.8) is 0 Å². The molecule has 0 atom stereocenters. The summed E-state index contributed by atoms with van der Waals surface area (Å²) < 4.78 is 14.0. The maximum absolute atomic E-state index is 13.7. The minimum atomic E-state index is -0.660. The van der Waals surface area contributed by atoms with E-state index in [2.05, 4.69) is 25.9 Å². The first-order valence-electron chi connectivity index (χ1n) is 5.21. The van der Waals surface area contributed by atoms with Gasteiger partial charge in [-0.25, -0.2) is 9.37 Å². The van der Waals surface area contributed by atoms with E-state index in [0.717, 1.165) is 6.07 Å². The normalized spacial score (nSPS) is 10.3. The highest BCUT2D eigenvalue weighted by Crippen LogP contribution is 2.31. The zero-order chi connectivity index (χ0) is 14.9. The predicted octanol–water partition coefficient (Wildman–Crippen LogP) is 3.59. The summed E-state index contributed by atoms with van der Waals surface area (Å²) in [7, 11) is 0. The van der Waals surface area contributed by atoms with Crippen molar-refractivity contribution in [2.45, 2.75) is 5.16 Å². The van der Waals surface area contributed by atoms with E-state index < -0.39 is 11.4 Å². The molecule has 1 aromatic carbocycles. The SMILES string of the molecule is CSc1nc(-c2cc(F)c(Cl)c(Br)c2)c(C#N)c(=O)[nH]1. The van der Waals surface area contributed by atoms with E-state index in [4.69, 9.17) is 16.9 Å². The Bertz CT molecular complexity index is 764. The molecule has 0 bridgehead atoms. The summed E-state index contributed by atoms with van der Waals surface area (Å²) in [4.78, 5) is 18.4. The Morgan fingerprint density at radius 3 is 2.80 bits per heavy atom. The van der Waals surface area contributed by atoms with Gasteiger partial charge in [-0.1, -0.05) is 23.4 Å². The van der Waals surface area contributed by atoms with Gasteiger partial charge in [-0.3, -0.25) is 4.79 Å². The highest BCUT2D eigenvalue weighted by molar-refractivity contribution is 9.10. The Hall–Kier alpha value is -1.36. The van der Waals surface area contributed by atoms with Gasteiger partial charge in [-0.2, -0.15) is 5.26 Å². The first kappa shape index (κ1) is 15.0. The largest absolute Gasteiger partial charge is 0.300 e. The number of rotatable bonds is 2. The summed E-state index contributed by atoms with van der Waals surface area (Å²) in [5, 5.41) is 9.34. The molecule has 0 aliphatic heterocycles. The van der Waals surface area contributed by atoms with Crippen LogP contribution < -0.4 is 5.56 Å². The second-order valence-electron chi connectivity index (χ2n) is 3.66. The lowest BCUT2D eigenvalue weighted by atomic mass is 10.1. The van der Waals surface area contributed by atoms with Crippen LogP contribution in [0, 0.1) is 17.1 Å². The lowest BCUT2D eigenvalue weighted by Crippen LogP contribution is -2.14. The van der Waals surface area contributed by atoms with Crippen LogP contribution in [0.15, 0.2) is 26.6 Å². The Morgan fingerprint density at radius 1 is 1.55 bits per heavy atom. The number of nitrogens with zero attached hydrogens (tertiary/aromatic N) is 2. The molecule has 4 nitrogen and oxygen atoms in total. The summed E-state index contributed by atoms with van der Waals surface area (Å²) in [5.41, 5.74) is -0.307. The molecule has 0 fully saturated rings. The molecule has 0 aliphatic carbocycles. The summed E-state index contributed by atoms with van der Waals surface area (Å²) >= 11 is 10.1. The molecule has 2 aromatic rings. The third kappa shape index (κ3) is 2.73. The van der Waals surface area contributed by atoms with Crippen LogP contribution in [0.4, 0.5) is 4.39 Å². The van der Waals surface area contributed by atoms with Gasteiger partial charge in [0, 0.05) is 10.0 Å². The van der Waals surface area contributed by atoms with Gasteiger partial charge in [0.15, 0.2) is 5.16 Å². The molecule has 8 heteroatoms. The summed E-state index contributed by atoms with van der Waals surface area (Å²) in [6.07, 6.45) is 1.73. The van der Waals surface area contributed by atoms with Crippen LogP contribution in [0.5, 0.6) is 0 Å². The summed E-state index contributed by atoms with van der Waals surface area (Å²) in [5.74, 6) is -0.660. The first-order valence-corrected chi connectivity index (χ1v) is 7.60. The molecule has 0 unspecified atom stereocenters. The minimum absolute atomic E-state index is 0.0674. The van der Waals surface area contributed by atoms with Crippen molar-refractivity contribution >= 4 is 39.3 Å². The van der Waals surface area contributed by atoms with Crippen molar-refractivity contribution in [1.29, 1.82) is 5.26 Å². The molecule has 20 heavy (non-hydrogen) atoms. The van der Waals surface area contributed by atoms with E-state index in [1.807, 2.05) is 0 Å². The van der Waals surface area contributed by atoms with Gasteiger partial charge in [-0.05, 0) is 34.3 Å². The number of hydrogen-bond acceptors (Lipinski definition) is 4. The van der Waals surface area contributed by atoms with Gasteiger partial charge >= 0.3 is 0 Å². The number of halogens is 3. The molecule has 1 aromatic heterocycles. The van der Waals surface area contributed by atoms with Crippen LogP contribution in [0.25, 0.3) is 11.3 Å². The molecule has 0 saturated heterocycles. The number of aromatic nitrogens is 2. The Labute approximate surface area is 131 Å². The number of aromatic amines is 1. The van der Waals surface area contributed by atoms with Crippen LogP contribution in [0.2, 0.25) is 5.02 Å². The molecule has 0 saturated carbocycles. The molecule has 0 amide bonds. The fourth-order valence-corrected chi connectivity index (χ4v) is 2.48. The highest BCUT2D eigenvalue weighted by Gasteiger charge is 2.16. The second kappa shape index (κ2) is 5.95. The van der Waals surface area contributed by atoms with Crippen LogP contribution in [-0.2, 0) is 0 Å². The molecular weight excluding hydrogens is 369 g/mol. The smallest absolute Gasteiger partial charge is 0.270 e. The number of hydrogen-bond donors (Lipinski definition) is 1. The maximum Gasteiger partial charge on any atom is 0.270 e. The number of thioether (sulfide) groups is 1. The van der Waals surface area contributed by atoms with Gasteiger partial charge in [0.05, 0.1) is 10.7 Å². The average Bonchev–Trinajstić information content (AvgIpc) is 2.43. The zero-order valence-corrected chi connectivity index (χ0v) is 13.2. The lowest BCUT2D eigenvalue weighted by Gasteiger charge is -2.07. The monoisotopic (exact) mass is 373 g/mol. The van der Waals surface area contributed by atoms with Crippen LogP contribution in [0.1, 0.15) is 5.56 Å². The van der Waals surface area contributed by atoms with Crippen molar-refractivity contribution in [2.24, 2.45) is 0 Å². The lowest BCUT2D eigenvalue weighted by molar-refractivity contribution is 0.628. The van der Waals surface area contributed by atoms with Gasteiger partial charge < -0.3 is 4.98 Å². The van der Waals surface area contributed by atoms with E-state index in [9.17, 15) is 9.18 Å². The van der Waals surface area contributed by atoms with E-state index in [-0.39, 0.29) is 16.3 Å². The van der Waals surface area contributed by atoms with Crippen LogP contribution in [0.3, 0.4) is 0 Å². The van der Waals surface area contributed by atoms with Crippen molar-refractivity contribution < 1.29 is 4.39 Å². The van der Waals surface area contributed by atoms with Crippen molar-refractivity contribution in [1.82, 2.24) is 9.97 Å². The van der Waals surface area contributed by atoms with Crippen molar-refractivity contribution in [3.8, 4) is 17.3 Å². The fourth-order valence-electron chi connectivity index (χ4n) is 1.55. The molecule has 1 heterocycles. The summed E-state index contributed by atoms with van der Waals surface area (Å²) in [6, 6.07) is 4.43. The second-order valence-corrected chi connectivity index (χ2v) is 5.69. The Balaban J connectivity index is 2.78. The highest BCUT2D eigenvalue weighted by atomic mass is 79.9. The van der Waals surface area contributed by atoms with Crippen molar-refractivity contribution in [3.05, 3.63) is 43.4 Å². The number of H-pyrrole nitrogens is 1. The molecule has 0 aliphatic rings. The Kier molecular flexibility index (Phi) is 4.48. The standard InChI is InChI=1S/C12H6BrClFN3OS/c1-20-12-17-10(6(4-16)11(19)18-12)5-2-7(13)9(14)8(15)3-5/h2-3H,1H3,(H,17,18,19). The topological polar surface area (TPSA) is 69.5 Å². The number of nitrogens with one attached hydrogen (secondary N) is 1. The van der Waals surface area contributed by atoms with E-state index >= 15 is 0 Å². The van der Waals surface area contributed by atoms with E-state index in [1.165, 1.54) is 17.8 Å². The maximum atomic E-state index is 13.7. The fraction of sp³-hybridized carbons (Fsp3) is 0.0833. The third-order valence-corrected chi connectivity index (χ3v) is 4.28. The van der Waals surface area contributed by atoms with Gasteiger partial charge in [-0.15, -0.1) is 0 Å². The number of nitriles is 1.